The molecule has 6 nitrogen and oxygen atoms in total. The van der Waals surface area contributed by atoms with Crippen LogP contribution < -0.4 is 5.32 Å². The maximum absolute atomic E-state index is 13.8. The number of likely N-dealkylation sites (N-methyl/N-ethyl adjacent to an activating group) is 1. The number of aromatic nitrogens is 2. The zero-order valence-corrected chi connectivity index (χ0v) is 18.5. The molecule has 1 heterocycles. The van der Waals surface area contributed by atoms with E-state index in [1.54, 1.807) is 18.2 Å². The van der Waals surface area contributed by atoms with E-state index in [0.717, 1.165) is 12.1 Å². The summed E-state index contributed by atoms with van der Waals surface area (Å²) in [6, 6.07) is 6.02. The second kappa shape index (κ2) is 9.20. The van der Waals surface area contributed by atoms with Crippen molar-refractivity contribution in [3.05, 3.63) is 58.3 Å². The van der Waals surface area contributed by atoms with Gasteiger partial charge in [0.25, 0.3) is 0 Å². The molecule has 0 aliphatic heterocycles. The van der Waals surface area contributed by atoms with Crippen LogP contribution in [0.5, 0.6) is 0 Å². The molecule has 0 spiro atoms. The largest absolute Gasteiger partial charge is 0.335 e. The fourth-order valence-electron chi connectivity index (χ4n) is 3.28. The Bertz CT molecular complexity index is 1130. The molecule has 0 fully saturated rings. The summed E-state index contributed by atoms with van der Waals surface area (Å²) in [6.07, 6.45) is 1.36. The summed E-state index contributed by atoms with van der Waals surface area (Å²) in [5.74, 6) is -3.15. The van der Waals surface area contributed by atoms with Crippen LogP contribution in [0.4, 0.5) is 14.5 Å². The van der Waals surface area contributed by atoms with Gasteiger partial charge >= 0.3 is 0 Å². The van der Waals surface area contributed by atoms with E-state index >= 15 is 0 Å². The molecular weight excluding hydrogens is 449 g/mol. The lowest BCUT2D eigenvalue weighted by Crippen LogP contribution is -2.41. The number of fused-ring (bicyclic) bond motifs is 1. The van der Waals surface area contributed by atoms with Crippen molar-refractivity contribution in [1.29, 1.82) is 0 Å². The number of nitrogens with zero attached hydrogens (tertiary/aromatic N) is 3. The fourth-order valence-corrected chi connectivity index (χ4v) is 3.78. The van der Waals surface area contributed by atoms with Crippen molar-refractivity contribution in [2.75, 3.05) is 18.9 Å². The molecule has 0 aliphatic carbocycles. The zero-order chi connectivity index (χ0) is 22.9. The summed E-state index contributed by atoms with van der Waals surface area (Å²) in [4.78, 5) is 31.0. The Kier molecular flexibility index (Phi) is 6.81. The first-order valence-electron chi connectivity index (χ1n) is 9.40. The van der Waals surface area contributed by atoms with Crippen molar-refractivity contribution in [2.24, 2.45) is 5.92 Å². The van der Waals surface area contributed by atoms with Gasteiger partial charge in [-0.25, -0.2) is 13.8 Å². The quantitative estimate of drug-likeness (QED) is 0.558. The molecule has 1 aromatic heterocycles. The van der Waals surface area contributed by atoms with Crippen LogP contribution >= 0.6 is 23.2 Å². The Balaban J connectivity index is 1.82. The van der Waals surface area contributed by atoms with Crippen molar-refractivity contribution >= 4 is 51.7 Å². The third-order valence-corrected chi connectivity index (χ3v) is 5.42. The molecular formula is C21H20Cl2F2N4O2. The number of hydrogen-bond donors (Lipinski definition) is 1. The molecule has 0 saturated carbocycles. The van der Waals surface area contributed by atoms with E-state index in [1.165, 1.54) is 22.8 Å². The lowest BCUT2D eigenvalue weighted by Gasteiger charge is -2.27. The molecule has 3 aromatic rings. The number of amides is 2. The van der Waals surface area contributed by atoms with E-state index in [9.17, 15) is 18.4 Å². The number of halogens is 4. The molecule has 3 rings (SSSR count). The van der Waals surface area contributed by atoms with E-state index in [2.05, 4.69) is 10.3 Å². The molecule has 0 aliphatic rings. The zero-order valence-electron chi connectivity index (χ0n) is 17.0. The van der Waals surface area contributed by atoms with Crippen molar-refractivity contribution in [1.82, 2.24) is 14.5 Å². The van der Waals surface area contributed by atoms with Crippen LogP contribution in [0.1, 0.15) is 19.9 Å². The number of benzene rings is 2. The second-order valence-electron chi connectivity index (χ2n) is 7.43. The van der Waals surface area contributed by atoms with Crippen LogP contribution in [0.2, 0.25) is 10.0 Å². The molecule has 2 aromatic carbocycles. The third-order valence-electron chi connectivity index (χ3n) is 4.79. The van der Waals surface area contributed by atoms with Crippen molar-refractivity contribution in [2.45, 2.75) is 19.9 Å². The average molecular weight is 469 g/mol. The van der Waals surface area contributed by atoms with Gasteiger partial charge < -0.3 is 14.8 Å². The molecule has 10 heteroatoms. The van der Waals surface area contributed by atoms with Gasteiger partial charge in [-0.15, -0.1) is 0 Å². The van der Waals surface area contributed by atoms with Gasteiger partial charge in [-0.2, -0.15) is 0 Å². The van der Waals surface area contributed by atoms with E-state index in [-0.39, 0.29) is 45.1 Å². The first kappa shape index (κ1) is 23.0. The Labute approximate surface area is 187 Å². The topological polar surface area (TPSA) is 67.2 Å². The SMILES string of the molecule is CC(C)C(C(=O)N(C)CC(=O)Nc1c(Cl)cccc1Cl)n1cnc2cc(F)c(F)cc21. The van der Waals surface area contributed by atoms with Crippen molar-refractivity contribution < 1.29 is 18.4 Å². The van der Waals surface area contributed by atoms with Crippen molar-refractivity contribution in [3.8, 4) is 0 Å². The Morgan fingerprint density at radius 2 is 1.77 bits per heavy atom. The predicted octanol–water partition coefficient (Wildman–Crippen LogP) is 4.92. The number of rotatable bonds is 6. The molecule has 2 amide bonds. The number of para-hydroxylation sites is 1. The summed E-state index contributed by atoms with van der Waals surface area (Å²) >= 11 is 12.1. The predicted molar refractivity (Wildman–Crippen MR) is 116 cm³/mol. The smallest absolute Gasteiger partial charge is 0.246 e. The highest BCUT2D eigenvalue weighted by molar-refractivity contribution is 6.39. The first-order chi connectivity index (χ1) is 14.6. The van der Waals surface area contributed by atoms with Gasteiger partial charge in [0.15, 0.2) is 11.6 Å². The monoisotopic (exact) mass is 468 g/mol. The Morgan fingerprint density at radius 1 is 1.16 bits per heavy atom. The minimum absolute atomic E-state index is 0.221. The molecule has 1 N–H and O–H groups in total. The van der Waals surface area contributed by atoms with E-state index in [1.807, 2.05) is 13.8 Å². The van der Waals surface area contributed by atoms with Crippen LogP contribution in [0.3, 0.4) is 0 Å². The highest BCUT2D eigenvalue weighted by Gasteiger charge is 2.29. The van der Waals surface area contributed by atoms with Gasteiger partial charge in [-0.3, -0.25) is 9.59 Å². The van der Waals surface area contributed by atoms with Crippen LogP contribution in [-0.4, -0.2) is 39.9 Å². The molecule has 0 radical (unpaired) electrons. The lowest BCUT2D eigenvalue weighted by molar-refractivity contribution is -0.137. The maximum Gasteiger partial charge on any atom is 0.246 e. The van der Waals surface area contributed by atoms with Crippen molar-refractivity contribution in [3.63, 3.8) is 0 Å². The number of imidazole rings is 1. The molecule has 1 atom stereocenters. The molecule has 0 saturated heterocycles. The number of anilines is 1. The van der Waals surface area contributed by atoms with Gasteiger partial charge in [0.2, 0.25) is 11.8 Å². The fraction of sp³-hybridized carbons (Fsp3) is 0.286. The van der Waals surface area contributed by atoms with Crippen LogP contribution in [-0.2, 0) is 9.59 Å². The van der Waals surface area contributed by atoms with Gasteiger partial charge in [0.05, 0.1) is 39.6 Å². The summed E-state index contributed by atoms with van der Waals surface area (Å²) < 4.78 is 28.8. The summed E-state index contributed by atoms with van der Waals surface area (Å²) in [6.45, 7) is 3.36. The maximum atomic E-state index is 13.8. The van der Waals surface area contributed by atoms with Gasteiger partial charge in [0, 0.05) is 19.2 Å². The second-order valence-corrected chi connectivity index (χ2v) is 8.25. The van der Waals surface area contributed by atoms with Gasteiger partial charge in [-0.05, 0) is 18.1 Å². The van der Waals surface area contributed by atoms with E-state index < -0.39 is 23.6 Å². The van der Waals surface area contributed by atoms with E-state index in [0.29, 0.717) is 0 Å². The standard InChI is InChI=1S/C21H20Cl2F2N4O2/c1-11(2)20(29-10-26-16-7-14(24)15(25)8-17(16)29)21(31)28(3)9-18(30)27-19-12(22)5-4-6-13(19)23/h4-8,10-11,20H,9H2,1-3H3,(H,27,30). The number of carbonyl (C=O) groups excluding carboxylic acids is 2. The number of nitrogens with one attached hydrogen (secondary N) is 1. The normalized spacial score (nSPS) is 12.3. The Hall–Kier alpha value is -2.71. The highest BCUT2D eigenvalue weighted by Crippen LogP contribution is 2.30. The number of carbonyl (C=O) groups is 2. The first-order valence-corrected chi connectivity index (χ1v) is 10.2. The summed E-state index contributed by atoms with van der Waals surface area (Å²) in [5, 5.41) is 3.15. The van der Waals surface area contributed by atoms with Crippen LogP contribution in [0, 0.1) is 17.6 Å². The van der Waals surface area contributed by atoms with Crippen LogP contribution in [0.25, 0.3) is 11.0 Å². The minimum Gasteiger partial charge on any atom is -0.335 e. The molecule has 1 unspecified atom stereocenters. The van der Waals surface area contributed by atoms with Gasteiger partial charge in [0.1, 0.15) is 6.04 Å². The van der Waals surface area contributed by atoms with Gasteiger partial charge in [-0.1, -0.05) is 43.1 Å². The molecule has 0 bridgehead atoms. The third kappa shape index (κ3) is 4.80. The highest BCUT2D eigenvalue weighted by atomic mass is 35.5. The van der Waals surface area contributed by atoms with E-state index in [4.69, 9.17) is 23.2 Å². The Morgan fingerprint density at radius 3 is 2.39 bits per heavy atom. The van der Waals surface area contributed by atoms with Crippen LogP contribution in [0.15, 0.2) is 36.7 Å². The summed E-state index contributed by atoms with van der Waals surface area (Å²) in [5.41, 5.74) is 0.771. The average Bonchev–Trinajstić information content (AvgIpc) is 3.07. The number of hydrogen-bond acceptors (Lipinski definition) is 3. The lowest BCUT2D eigenvalue weighted by atomic mass is 10.0. The molecule has 164 valence electrons. The summed E-state index contributed by atoms with van der Waals surface area (Å²) in [7, 11) is 1.48. The minimum atomic E-state index is -1.03. The molecule has 31 heavy (non-hydrogen) atoms.